The molecule has 2 aromatic carbocycles. The van der Waals surface area contributed by atoms with E-state index in [0.717, 1.165) is 17.9 Å². The van der Waals surface area contributed by atoms with E-state index in [4.69, 9.17) is 0 Å². The molecule has 0 unspecified atom stereocenters. The summed E-state index contributed by atoms with van der Waals surface area (Å²) in [5.74, 6) is -0.533. The van der Waals surface area contributed by atoms with Crippen LogP contribution in [0.3, 0.4) is 0 Å². The molecule has 0 aliphatic rings. The maximum atomic E-state index is 13.7. The van der Waals surface area contributed by atoms with Gasteiger partial charge in [-0.3, -0.25) is 4.79 Å². The quantitative estimate of drug-likeness (QED) is 0.416. The minimum absolute atomic E-state index is 0.00395. The van der Waals surface area contributed by atoms with Gasteiger partial charge in [0.15, 0.2) is 5.69 Å². The van der Waals surface area contributed by atoms with Gasteiger partial charge in [0.25, 0.3) is 5.91 Å². The summed E-state index contributed by atoms with van der Waals surface area (Å²) in [5.41, 5.74) is 2.41. The van der Waals surface area contributed by atoms with E-state index < -0.39 is 11.7 Å². The summed E-state index contributed by atoms with van der Waals surface area (Å²) in [6.45, 7) is 4.71. The highest BCUT2D eigenvalue weighted by atomic mass is 79.9. The molecule has 4 rings (SSSR count). The first-order valence-electron chi connectivity index (χ1n) is 8.51. The smallest absolute Gasteiger partial charge is 0.295 e. The van der Waals surface area contributed by atoms with Crippen molar-refractivity contribution >= 4 is 49.5 Å². The Morgan fingerprint density at radius 3 is 2.89 bits per heavy atom. The molecule has 2 heterocycles. The van der Waals surface area contributed by atoms with Crippen LogP contribution in [-0.4, -0.2) is 25.5 Å². The lowest BCUT2D eigenvalue weighted by Gasteiger charge is -2.01. The van der Waals surface area contributed by atoms with Crippen LogP contribution in [0.25, 0.3) is 21.9 Å². The molecule has 0 spiro atoms. The third-order valence-corrected chi connectivity index (χ3v) is 5.15. The van der Waals surface area contributed by atoms with Crippen molar-refractivity contribution in [3.8, 4) is 5.88 Å². The van der Waals surface area contributed by atoms with Crippen LogP contribution in [0.5, 0.6) is 5.88 Å². The summed E-state index contributed by atoms with van der Waals surface area (Å²) in [5, 5.41) is 17.9. The first-order valence-corrected chi connectivity index (χ1v) is 9.31. The van der Waals surface area contributed by atoms with E-state index >= 15 is 0 Å². The molecule has 28 heavy (non-hydrogen) atoms. The first kappa shape index (κ1) is 18.3. The van der Waals surface area contributed by atoms with Crippen LogP contribution in [0.4, 0.5) is 10.1 Å². The zero-order chi connectivity index (χ0) is 20.0. The SMILES string of the molecule is CCn1c(C)nc2cc(C(=O)N=Nc3c(O)[nH]c4c(Br)cc(F)cc34)ccc21. The lowest BCUT2D eigenvalue weighted by atomic mass is 10.2. The van der Waals surface area contributed by atoms with E-state index in [1.807, 2.05) is 24.5 Å². The topological polar surface area (TPSA) is 95.6 Å². The van der Waals surface area contributed by atoms with Crippen LogP contribution in [0, 0.1) is 12.7 Å². The number of rotatable bonds is 3. The first-order chi connectivity index (χ1) is 13.4. The number of amides is 1. The zero-order valence-electron chi connectivity index (χ0n) is 15.0. The van der Waals surface area contributed by atoms with Crippen molar-refractivity contribution < 1.29 is 14.3 Å². The van der Waals surface area contributed by atoms with Gasteiger partial charge in [-0.15, -0.1) is 10.2 Å². The van der Waals surface area contributed by atoms with Crippen LogP contribution in [0.15, 0.2) is 45.0 Å². The minimum Gasteiger partial charge on any atom is -0.493 e. The van der Waals surface area contributed by atoms with Gasteiger partial charge in [0, 0.05) is 22.0 Å². The summed E-state index contributed by atoms with van der Waals surface area (Å²) in [6.07, 6.45) is 0. The number of hydrogen-bond donors (Lipinski definition) is 2. The minimum atomic E-state index is -0.588. The Morgan fingerprint density at radius 2 is 2.14 bits per heavy atom. The van der Waals surface area contributed by atoms with Crippen molar-refractivity contribution in [2.75, 3.05) is 0 Å². The maximum Gasteiger partial charge on any atom is 0.295 e. The Morgan fingerprint density at radius 1 is 1.36 bits per heavy atom. The van der Waals surface area contributed by atoms with Gasteiger partial charge in [-0.2, -0.15) is 0 Å². The number of aryl methyl sites for hydroxylation is 2. The second-order valence-electron chi connectivity index (χ2n) is 6.24. The van der Waals surface area contributed by atoms with E-state index in [1.54, 1.807) is 12.1 Å². The largest absolute Gasteiger partial charge is 0.493 e. The monoisotopic (exact) mass is 443 g/mol. The normalized spacial score (nSPS) is 11.9. The standard InChI is InChI=1S/C19H15BrFN5O2/c1-3-26-9(2)22-14-6-10(4-5-15(14)26)18(27)25-24-17-12-7-11(21)8-13(20)16(12)23-19(17)28/h4-8,23,28H,3H2,1-2H3. The van der Waals surface area contributed by atoms with Gasteiger partial charge in [-0.1, -0.05) is 0 Å². The third kappa shape index (κ3) is 2.97. The third-order valence-electron chi connectivity index (χ3n) is 4.52. The molecular formula is C19H15BrFN5O2. The number of azo groups is 1. The second-order valence-corrected chi connectivity index (χ2v) is 7.10. The molecule has 2 aromatic heterocycles. The molecule has 0 fully saturated rings. The molecule has 0 aliphatic heterocycles. The van der Waals surface area contributed by atoms with E-state index in [9.17, 15) is 14.3 Å². The van der Waals surface area contributed by atoms with Crippen molar-refractivity contribution in [3.05, 3.63) is 52.0 Å². The Bertz CT molecular complexity index is 1270. The van der Waals surface area contributed by atoms with E-state index in [2.05, 4.69) is 36.1 Å². The number of aromatic amines is 1. The molecular weight excluding hydrogens is 429 g/mol. The number of fused-ring (bicyclic) bond motifs is 2. The number of H-pyrrole nitrogens is 1. The molecule has 0 saturated carbocycles. The molecule has 0 atom stereocenters. The highest BCUT2D eigenvalue weighted by Crippen LogP contribution is 2.39. The maximum absolute atomic E-state index is 13.7. The summed E-state index contributed by atoms with van der Waals surface area (Å²) in [7, 11) is 0. The summed E-state index contributed by atoms with van der Waals surface area (Å²) >= 11 is 3.22. The Kier molecular flexibility index (Phi) is 4.46. The lowest BCUT2D eigenvalue weighted by Crippen LogP contribution is -1.97. The highest BCUT2D eigenvalue weighted by molar-refractivity contribution is 9.10. The zero-order valence-corrected chi connectivity index (χ0v) is 16.6. The fourth-order valence-corrected chi connectivity index (χ4v) is 3.76. The van der Waals surface area contributed by atoms with Crippen LogP contribution >= 0.6 is 15.9 Å². The van der Waals surface area contributed by atoms with Crippen LogP contribution in [-0.2, 0) is 6.54 Å². The second kappa shape index (κ2) is 6.83. The number of nitrogens with one attached hydrogen (secondary N) is 1. The number of aromatic nitrogens is 3. The number of benzene rings is 2. The number of carbonyl (C=O) groups excluding carboxylic acids is 1. The molecule has 1 amide bonds. The average molecular weight is 444 g/mol. The number of halogens is 2. The Hall–Kier alpha value is -3.07. The molecule has 142 valence electrons. The molecule has 0 bridgehead atoms. The fraction of sp³-hybridized carbons (Fsp3) is 0.158. The number of carbonyl (C=O) groups is 1. The van der Waals surface area contributed by atoms with Crippen molar-refractivity contribution in [3.63, 3.8) is 0 Å². The van der Waals surface area contributed by atoms with E-state index in [0.29, 0.717) is 26.5 Å². The Balaban J connectivity index is 1.71. The van der Waals surface area contributed by atoms with Gasteiger partial charge in [-0.05, 0) is 60.1 Å². The van der Waals surface area contributed by atoms with Gasteiger partial charge in [0.2, 0.25) is 5.88 Å². The molecule has 9 heteroatoms. The van der Waals surface area contributed by atoms with E-state index in [1.165, 1.54) is 12.1 Å². The molecule has 2 N–H and O–H groups in total. The highest BCUT2D eigenvalue weighted by Gasteiger charge is 2.16. The summed E-state index contributed by atoms with van der Waals surface area (Å²) in [6, 6.07) is 7.60. The van der Waals surface area contributed by atoms with Crippen LogP contribution in [0.1, 0.15) is 23.1 Å². The average Bonchev–Trinajstić information content (AvgIpc) is 3.14. The number of nitrogens with zero attached hydrogens (tertiary/aromatic N) is 4. The van der Waals surface area contributed by atoms with Crippen molar-refractivity contribution in [2.24, 2.45) is 10.2 Å². The van der Waals surface area contributed by atoms with Gasteiger partial charge >= 0.3 is 0 Å². The van der Waals surface area contributed by atoms with Gasteiger partial charge in [-0.25, -0.2) is 9.37 Å². The van der Waals surface area contributed by atoms with Crippen molar-refractivity contribution in [2.45, 2.75) is 20.4 Å². The van der Waals surface area contributed by atoms with Crippen molar-refractivity contribution in [1.29, 1.82) is 0 Å². The molecule has 4 aromatic rings. The van der Waals surface area contributed by atoms with Crippen LogP contribution < -0.4 is 0 Å². The molecule has 7 nitrogen and oxygen atoms in total. The summed E-state index contributed by atoms with van der Waals surface area (Å²) < 4.78 is 16.2. The predicted molar refractivity (Wildman–Crippen MR) is 107 cm³/mol. The molecule has 0 saturated heterocycles. The van der Waals surface area contributed by atoms with Gasteiger partial charge in [0.05, 0.1) is 16.6 Å². The summed E-state index contributed by atoms with van der Waals surface area (Å²) in [4.78, 5) is 19.6. The Labute approximate surface area is 167 Å². The van der Waals surface area contributed by atoms with Gasteiger partial charge in [0.1, 0.15) is 11.6 Å². The molecule has 0 aliphatic carbocycles. The van der Waals surface area contributed by atoms with E-state index in [-0.39, 0.29) is 11.6 Å². The lowest BCUT2D eigenvalue weighted by molar-refractivity contribution is 0.0995. The van der Waals surface area contributed by atoms with Crippen LogP contribution in [0.2, 0.25) is 0 Å². The van der Waals surface area contributed by atoms with Crippen molar-refractivity contribution in [1.82, 2.24) is 14.5 Å². The fourth-order valence-electron chi connectivity index (χ4n) is 3.23. The number of aromatic hydroxyl groups is 1. The predicted octanol–water partition coefficient (Wildman–Crippen LogP) is 5.38. The number of imidazole rings is 1. The molecule has 0 radical (unpaired) electrons. The van der Waals surface area contributed by atoms with Gasteiger partial charge < -0.3 is 14.7 Å². The number of hydrogen-bond acceptors (Lipinski definition) is 4.